The van der Waals surface area contributed by atoms with Crippen LogP contribution < -0.4 is 15.8 Å². The fourth-order valence-corrected chi connectivity index (χ4v) is 3.25. The number of carbonyl (C=O) groups excluding carboxylic acids is 1. The highest BCUT2D eigenvalue weighted by molar-refractivity contribution is 6.30. The van der Waals surface area contributed by atoms with Crippen LogP contribution >= 0.6 is 11.6 Å². The van der Waals surface area contributed by atoms with Crippen molar-refractivity contribution >= 4 is 17.5 Å². The topological polar surface area (TPSA) is 73.6 Å². The lowest BCUT2D eigenvalue weighted by Gasteiger charge is -2.32. The van der Waals surface area contributed by atoms with Gasteiger partial charge in [-0.25, -0.2) is 0 Å². The molecule has 2 fully saturated rings. The molecule has 114 valence electrons. The smallest absolute Gasteiger partial charge is 0.252 e. The maximum atomic E-state index is 11.5. The molecule has 2 saturated heterocycles. The predicted octanol–water partition coefficient (Wildman–Crippen LogP) is 1.73. The highest BCUT2D eigenvalue weighted by Crippen LogP contribution is 2.36. The molecular formula is C15H19ClN2O3. The first kappa shape index (κ1) is 14.6. The number of benzene rings is 1. The first-order chi connectivity index (χ1) is 10.1. The summed E-state index contributed by atoms with van der Waals surface area (Å²) in [4.78, 5) is 11.5. The molecule has 1 unspecified atom stereocenters. The maximum Gasteiger partial charge on any atom is 0.252 e. The lowest BCUT2D eigenvalue weighted by Crippen LogP contribution is -2.41. The molecule has 1 aromatic rings. The summed E-state index contributed by atoms with van der Waals surface area (Å²) in [7, 11) is 0. The highest BCUT2D eigenvalue weighted by atomic mass is 35.5. The van der Waals surface area contributed by atoms with Crippen molar-refractivity contribution in [2.45, 2.75) is 31.0 Å². The van der Waals surface area contributed by atoms with Crippen LogP contribution in [-0.2, 0) is 4.74 Å². The molecule has 2 aliphatic heterocycles. The average molecular weight is 311 g/mol. The molecule has 0 aliphatic carbocycles. The van der Waals surface area contributed by atoms with E-state index in [1.807, 2.05) is 0 Å². The van der Waals surface area contributed by atoms with Gasteiger partial charge < -0.3 is 20.5 Å². The Balaban J connectivity index is 1.73. The van der Waals surface area contributed by atoms with Crippen molar-refractivity contribution in [2.24, 2.45) is 5.73 Å². The van der Waals surface area contributed by atoms with Gasteiger partial charge in [0.2, 0.25) is 0 Å². The Labute approximate surface area is 128 Å². The van der Waals surface area contributed by atoms with E-state index in [4.69, 9.17) is 26.8 Å². The van der Waals surface area contributed by atoms with Crippen molar-refractivity contribution in [3.63, 3.8) is 0 Å². The number of piperidine rings is 1. The number of halogens is 1. The Morgan fingerprint density at radius 2 is 2.19 bits per heavy atom. The third-order valence-electron chi connectivity index (χ3n) is 4.19. The van der Waals surface area contributed by atoms with Gasteiger partial charge in [0.25, 0.3) is 5.91 Å². The van der Waals surface area contributed by atoms with Gasteiger partial charge in [0.1, 0.15) is 11.9 Å². The van der Waals surface area contributed by atoms with Gasteiger partial charge in [-0.3, -0.25) is 4.79 Å². The number of ether oxygens (including phenoxy) is 2. The van der Waals surface area contributed by atoms with Crippen molar-refractivity contribution in [2.75, 3.05) is 19.7 Å². The standard InChI is InChI=1S/C15H19ClN2O3/c16-10-1-2-12(14(17)19)13(7-10)21-11-8-15(20-9-11)3-5-18-6-4-15/h1-2,7,11,18H,3-6,8-9H2,(H2,17,19). The van der Waals surface area contributed by atoms with E-state index < -0.39 is 5.91 Å². The number of amides is 1. The fourth-order valence-electron chi connectivity index (χ4n) is 3.09. The molecule has 0 saturated carbocycles. The molecule has 2 aliphatic rings. The average Bonchev–Trinajstić information content (AvgIpc) is 2.82. The number of hydrogen-bond acceptors (Lipinski definition) is 4. The van der Waals surface area contributed by atoms with Crippen LogP contribution in [0.25, 0.3) is 0 Å². The molecule has 5 nitrogen and oxygen atoms in total. The first-order valence-corrected chi connectivity index (χ1v) is 7.56. The molecule has 2 heterocycles. The molecule has 0 bridgehead atoms. The summed E-state index contributed by atoms with van der Waals surface area (Å²) < 4.78 is 11.9. The zero-order valence-electron chi connectivity index (χ0n) is 11.7. The van der Waals surface area contributed by atoms with Gasteiger partial charge in [0.15, 0.2) is 0 Å². The summed E-state index contributed by atoms with van der Waals surface area (Å²) in [6.45, 7) is 2.47. The van der Waals surface area contributed by atoms with E-state index in [1.165, 1.54) is 0 Å². The molecule has 1 atom stereocenters. The van der Waals surface area contributed by atoms with Crippen molar-refractivity contribution in [1.29, 1.82) is 0 Å². The quantitative estimate of drug-likeness (QED) is 0.891. The minimum Gasteiger partial charge on any atom is -0.487 e. The van der Waals surface area contributed by atoms with Crippen LogP contribution in [0.5, 0.6) is 5.75 Å². The Morgan fingerprint density at radius 3 is 2.90 bits per heavy atom. The van der Waals surface area contributed by atoms with Crippen molar-refractivity contribution in [3.8, 4) is 5.75 Å². The summed E-state index contributed by atoms with van der Waals surface area (Å²) in [5.41, 5.74) is 5.64. The van der Waals surface area contributed by atoms with E-state index in [2.05, 4.69) is 5.32 Å². The predicted molar refractivity (Wildman–Crippen MR) is 79.8 cm³/mol. The molecule has 3 N–H and O–H groups in total. The Hall–Kier alpha value is -1.30. The van der Waals surface area contributed by atoms with Crippen molar-refractivity contribution < 1.29 is 14.3 Å². The molecule has 6 heteroatoms. The fraction of sp³-hybridized carbons (Fsp3) is 0.533. The summed E-state index contributed by atoms with van der Waals surface area (Å²) in [5, 5.41) is 3.85. The second-order valence-corrected chi connectivity index (χ2v) is 6.13. The van der Waals surface area contributed by atoms with Gasteiger partial charge in [-0.2, -0.15) is 0 Å². The van der Waals surface area contributed by atoms with Crippen LogP contribution in [-0.4, -0.2) is 37.3 Å². The van der Waals surface area contributed by atoms with Crippen LogP contribution in [0.1, 0.15) is 29.6 Å². The number of nitrogens with two attached hydrogens (primary N) is 1. The number of rotatable bonds is 3. The molecule has 1 aromatic carbocycles. The molecule has 21 heavy (non-hydrogen) atoms. The van der Waals surface area contributed by atoms with Gasteiger partial charge in [0.05, 0.1) is 17.8 Å². The van der Waals surface area contributed by atoms with Crippen molar-refractivity contribution in [3.05, 3.63) is 28.8 Å². The summed E-state index contributed by atoms with van der Waals surface area (Å²) in [6, 6.07) is 4.86. The molecule has 1 spiro atoms. The highest BCUT2D eigenvalue weighted by Gasteiger charge is 2.42. The van der Waals surface area contributed by atoms with Crippen molar-refractivity contribution in [1.82, 2.24) is 5.32 Å². The zero-order valence-corrected chi connectivity index (χ0v) is 12.5. The van der Waals surface area contributed by atoms with Crippen LogP contribution in [0, 0.1) is 0 Å². The Bertz CT molecular complexity index is 544. The third-order valence-corrected chi connectivity index (χ3v) is 4.43. The number of hydrogen-bond donors (Lipinski definition) is 2. The minimum atomic E-state index is -0.517. The van der Waals surface area contributed by atoms with Crippen LogP contribution in [0.3, 0.4) is 0 Å². The number of carbonyl (C=O) groups is 1. The Morgan fingerprint density at radius 1 is 1.43 bits per heavy atom. The molecule has 3 rings (SSSR count). The minimum absolute atomic E-state index is 0.0698. The molecule has 0 radical (unpaired) electrons. The lowest BCUT2D eigenvalue weighted by atomic mass is 9.89. The van der Waals surface area contributed by atoms with Gasteiger partial charge in [-0.05, 0) is 44.1 Å². The molecule has 1 amide bonds. The van der Waals surface area contributed by atoms with E-state index in [0.29, 0.717) is 22.9 Å². The van der Waals surface area contributed by atoms with Crippen LogP contribution in [0.15, 0.2) is 18.2 Å². The Kier molecular flexibility index (Phi) is 4.06. The van der Waals surface area contributed by atoms with Gasteiger partial charge in [-0.1, -0.05) is 11.6 Å². The van der Waals surface area contributed by atoms with E-state index in [0.717, 1.165) is 32.4 Å². The third kappa shape index (κ3) is 3.15. The number of nitrogens with one attached hydrogen (secondary N) is 1. The largest absolute Gasteiger partial charge is 0.487 e. The van der Waals surface area contributed by atoms with E-state index >= 15 is 0 Å². The van der Waals surface area contributed by atoms with Crippen LogP contribution in [0.2, 0.25) is 5.02 Å². The maximum absolute atomic E-state index is 11.5. The normalized spacial score (nSPS) is 24.1. The second-order valence-electron chi connectivity index (χ2n) is 5.69. The first-order valence-electron chi connectivity index (χ1n) is 7.19. The van der Waals surface area contributed by atoms with Crippen LogP contribution in [0.4, 0.5) is 0 Å². The number of primary amides is 1. The van der Waals surface area contributed by atoms with E-state index in [1.54, 1.807) is 18.2 Å². The lowest BCUT2D eigenvalue weighted by molar-refractivity contribution is -0.0205. The summed E-state index contributed by atoms with van der Waals surface area (Å²) in [6.07, 6.45) is 2.75. The summed E-state index contributed by atoms with van der Waals surface area (Å²) >= 11 is 5.98. The van der Waals surface area contributed by atoms with E-state index in [-0.39, 0.29) is 11.7 Å². The molecular weight excluding hydrogens is 292 g/mol. The molecule has 0 aromatic heterocycles. The van der Waals surface area contributed by atoms with Gasteiger partial charge in [-0.15, -0.1) is 0 Å². The second kappa shape index (κ2) is 5.83. The van der Waals surface area contributed by atoms with Gasteiger partial charge in [0, 0.05) is 11.4 Å². The SMILES string of the molecule is NC(=O)c1ccc(Cl)cc1OC1COC2(CCNCC2)C1. The monoisotopic (exact) mass is 310 g/mol. The van der Waals surface area contributed by atoms with E-state index in [9.17, 15) is 4.79 Å². The van der Waals surface area contributed by atoms with Gasteiger partial charge >= 0.3 is 0 Å². The zero-order chi connectivity index (χ0) is 14.9. The summed E-state index contributed by atoms with van der Waals surface area (Å²) in [5.74, 6) is -0.0771.